The number of carboxylic acids is 1. The molecule has 2 rings (SSSR count). The van der Waals surface area contributed by atoms with Crippen LogP contribution in [0.25, 0.3) is 0 Å². The van der Waals surface area contributed by atoms with Crippen LogP contribution in [-0.4, -0.2) is 73.9 Å². The van der Waals surface area contributed by atoms with E-state index in [1.54, 1.807) is 0 Å². The van der Waals surface area contributed by atoms with Crippen LogP contribution < -0.4 is 4.74 Å². The molecule has 0 unspecified atom stereocenters. The molecular weight excluding hydrogens is 300 g/mol. The Kier molecular flexibility index (Phi) is 4.84. The number of aliphatic hydroxyl groups is 4. The van der Waals surface area contributed by atoms with Crippen LogP contribution in [0, 0.1) is 0 Å². The zero-order chi connectivity index (χ0) is 16.4. The molecule has 0 spiro atoms. The number of carbonyl (C=O) groups is 1. The lowest BCUT2D eigenvalue weighted by molar-refractivity contribution is -0.277. The zero-order valence-corrected chi connectivity index (χ0v) is 11.2. The molecule has 1 aliphatic rings. The van der Waals surface area contributed by atoms with E-state index < -0.39 is 54.6 Å². The van der Waals surface area contributed by atoms with E-state index >= 15 is 0 Å². The minimum Gasteiger partial charge on any atom is -0.507 e. The van der Waals surface area contributed by atoms with Crippen LogP contribution in [0.3, 0.4) is 0 Å². The monoisotopic (exact) mass is 316 g/mol. The lowest BCUT2D eigenvalue weighted by Crippen LogP contribution is -2.60. The summed E-state index contributed by atoms with van der Waals surface area (Å²) in [6.45, 7) is -0.610. The van der Waals surface area contributed by atoms with E-state index in [1.165, 1.54) is 6.07 Å². The van der Waals surface area contributed by atoms with Gasteiger partial charge in [0.2, 0.25) is 6.29 Å². The third kappa shape index (κ3) is 3.13. The molecule has 1 aromatic rings. The average Bonchev–Trinajstić information content (AvgIpc) is 2.49. The number of hydrogen-bond acceptors (Lipinski definition) is 8. The molecule has 1 aromatic carbocycles. The largest absolute Gasteiger partial charge is 0.507 e. The smallest absolute Gasteiger partial charge is 0.339 e. The normalized spacial score (nSPS) is 31.7. The summed E-state index contributed by atoms with van der Waals surface area (Å²) in [5.41, 5.74) is -0.415. The summed E-state index contributed by atoms with van der Waals surface area (Å²) in [6.07, 6.45) is -7.30. The predicted molar refractivity (Wildman–Crippen MR) is 69.5 cm³/mol. The van der Waals surface area contributed by atoms with Crippen molar-refractivity contribution in [2.75, 3.05) is 6.61 Å². The molecule has 9 nitrogen and oxygen atoms in total. The third-order valence-corrected chi connectivity index (χ3v) is 3.30. The lowest BCUT2D eigenvalue weighted by atomic mass is 9.99. The van der Waals surface area contributed by atoms with Gasteiger partial charge >= 0.3 is 5.97 Å². The second-order valence-electron chi connectivity index (χ2n) is 4.80. The Labute approximate surface area is 124 Å². The molecule has 0 aliphatic carbocycles. The van der Waals surface area contributed by atoms with Gasteiger partial charge in [0, 0.05) is 0 Å². The van der Waals surface area contributed by atoms with Crippen LogP contribution in [0.4, 0.5) is 0 Å². The van der Waals surface area contributed by atoms with Crippen molar-refractivity contribution in [3.63, 3.8) is 0 Å². The van der Waals surface area contributed by atoms with Crippen molar-refractivity contribution < 1.29 is 44.9 Å². The maximum atomic E-state index is 10.9. The highest BCUT2D eigenvalue weighted by Gasteiger charge is 2.44. The Hall–Kier alpha value is -1.91. The first-order valence-corrected chi connectivity index (χ1v) is 6.38. The van der Waals surface area contributed by atoms with E-state index in [2.05, 4.69) is 0 Å². The number of hydrogen-bond donors (Lipinski definition) is 6. The summed E-state index contributed by atoms with van der Waals surface area (Å²) in [6, 6.07) is 3.34. The van der Waals surface area contributed by atoms with Crippen molar-refractivity contribution in [1.82, 2.24) is 0 Å². The maximum Gasteiger partial charge on any atom is 0.339 e. The Morgan fingerprint density at radius 2 is 1.86 bits per heavy atom. The Balaban J connectivity index is 2.19. The van der Waals surface area contributed by atoms with Gasteiger partial charge in [0.15, 0.2) is 0 Å². The molecule has 1 fully saturated rings. The molecule has 0 bridgehead atoms. The van der Waals surface area contributed by atoms with Crippen molar-refractivity contribution >= 4 is 5.97 Å². The van der Waals surface area contributed by atoms with Crippen molar-refractivity contribution in [2.24, 2.45) is 0 Å². The van der Waals surface area contributed by atoms with Crippen LogP contribution in [0.5, 0.6) is 11.5 Å². The van der Waals surface area contributed by atoms with Gasteiger partial charge in [-0.3, -0.25) is 0 Å². The van der Waals surface area contributed by atoms with Gasteiger partial charge in [0.1, 0.15) is 41.5 Å². The lowest BCUT2D eigenvalue weighted by Gasteiger charge is -2.39. The van der Waals surface area contributed by atoms with Gasteiger partial charge in [-0.15, -0.1) is 0 Å². The van der Waals surface area contributed by atoms with Crippen LogP contribution in [-0.2, 0) is 4.74 Å². The molecule has 1 heterocycles. The van der Waals surface area contributed by atoms with Crippen molar-refractivity contribution in [3.8, 4) is 11.5 Å². The van der Waals surface area contributed by atoms with Crippen molar-refractivity contribution in [3.05, 3.63) is 23.8 Å². The van der Waals surface area contributed by atoms with Crippen molar-refractivity contribution in [1.29, 1.82) is 0 Å². The fourth-order valence-electron chi connectivity index (χ4n) is 2.06. The number of phenols is 1. The Bertz CT molecular complexity index is 544. The summed E-state index contributed by atoms with van der Waals surface area (Å²) in [5.74, 6) is -1.88. The number of aromatic hydroxyl groups is 1. The second kappa shape index (κ2) is 6.46. The van der Waals surface area contributed by atoms with Gasteiger partial charge in [-0.1, -0.05) is 0 Å². The first-order valence-electron chi connectivity index (χ1n) is 6.38. The first kappa shape index (κ1) is 16.5. The fraction of sp³-hybridized carbons (Fsp3) is 0.462. The van der Waals surface area contributed by atoms with E-state index in [-0.39, 0.29) is 5.75 Å². The minimum absolute atomic E-state index is 0.0421. The quantitative estimate of drug-likeness (QED) is 0.380. The van der Waals surface area contributed by atoms with Crippen molar-refractivity contribution in [2.45, 2.75) is 30.7 Å². The number of aliphatic hydroxyl groups excluding tert-OH is 4. The van der Waals surface area contributed by atoms with Gasteiger partial charge in [-0.25, -0.2) is 4.79 Å². The fourth-order valence-corrected chi connectivity index (χ4v) is 2.06. The van der Waals surface area contributed by atoms with Gasteiger partial charge in [-0.2, -0.15) is 0 Å². The zero-order valence-electron chi connectivity index (χ0n) is 11.2. The highest BCUT2D eigenvalue weighted by Crippen LogP contribution is 2.27. The highest BCUT2D eigenvalue weighted by molar-refractivity contribution is 5.91. The minimum atomic E-state index is -1.61. The van der Waals surface area contributed by atoms with Gasteiger partial charge in [0.25, 0.3) is 0 Å². The number of ether oxygens (including phenoxy) is 2. The molecule has 0 radical (unpaired) electrons. The number of carboxylic acid groups (broad SMARTS) is 1. The highest BCUT2D eigenvalue weighted by atomic mass is 16.7. The molecule has 1 saturated heterocycles. The standard InChI is InChI=1S/C13H16O9/c14-4-8-9(16)10(17)11(18)13(22-8)21-5-1-2-7(15)6(3-5)12(19)20/h1-3,8-11,13-18H,4H2,(H,19,20)/t8-,9-,10+,11-,13-/m1/s1. The molecule has 22 heavy (non-hydrogen) atoms. The summed E-state index contributed by atoms with van der Waals surface area (Å²) in [5, 5.41) is 56.4. The molecule has 6 N–H and O–H groups in total. The van der Waals surface area contributed by atoms with E-state index in [1.807, 2.05) is 0 Å². The van der Waals surface area contributed by atoms with Crippen LogP contribution in [0.1, 0.15) is 10.4 Å². The molecule has 5 atom stereocenters. The predicted octanol–water partition coefficient (Wildman–Crippen LogP) is -1.73. The summed E-state index contributed by atoms with van der Waals surface area (Å²) >= 11 is 0. The van der Waals surface area contributed by atoms with E-state index in [4.69, 9.17) is 19.7 Å². The molecule has 1 aliphatic heterocycles. The van der Waals surface area contributed by atoms with Gasteiger partial charge in [0.05, 0.1) is 6.61 Å². The van der Waals surface area contributed by atoms with Crippen LogP contribution >= 0.6 is 0 Å². The molecule has 0 amide bonds. The average molecular weight is 316 g/mol. The summed E-state index contributed by atoms with van der Waals surface area (Å²) in [7, 11) is 0. The maximum absolute atomic E-state index is 10.9. The molecular formula is C13H16O9. The van der Waals surface area contributed by atoms with E-state index in [0.29, 0.717) is 0 Å². The number of rotatable bonds is 4. The summed E-state index contributed by atoms with van der Waals surface area (Å²) < 4.78 is 10.4. The van der Waals surface area contributed by atoms with Crippen LogP contribution in [0.15, 0.2) is 18.2 Å². The number of benzene rings is 1. The van der Waals surface area contributed by atoms with Gasteiger partial charge in [-0.05, 0) is 18.2 Å². The summed E-state index contributed by atoms with van der Waals surface area (Å²) in [4.78, 5) is 10.9. The van der Waals surface area contributed by atoms with Crippen LogP contribution in [0.2, 0.25) is 0 Å². The molecule has 9 heteroatoms. The molecule has 0 aromatic heterocycles. The van der Waals surface area contributed by atoms with Gasteiger partial charge < -0.3 is 40.1 Å². The topological polar surface area (TPSA) is 157 Å². The third-order valence-electron chi connectivity index (χ3n) is 3.30. The molecule has 122 valence electrons. The second-order valence-corrected chi connectivity index (χ2v) is 4.80. The Morgan fingerprint density at radius 3 is 2.45 bits per heavy atom. The Morgan fingerprint density at radius 1 is 1.18 bits per heavy atom. The SMILES string of the molecule is O=C(O)c1cc(O[C@@H]2O[C@H](CO)[C@@H](O)[C@H](O)[C@H]2O)ccc1O. The first-order chi connectivity index (χ1) is 10.3. The van der Waals surface area contributed by atoms with E-state index in [9.17, 15) is 25.2 Å². The van der Waals surface area contributed by atoms with E-state index in [0.717, 1.165) is 12.1 Å². The number of aromatic carboxylic acids is 1. The molecule has 0 saturated carbocycles.